The van der Waals surface area contributed by atoms with Crippen molar-refractivity contribution in [3.63, 3.8) is 0 Å². The van der Waals surface area contributed by atoms with Gasteiger partial charge in [0, 0.05) is 12.1 Å². The predicted octanol–water partition coefficient (Wildman–Crippen LogP) is 6.17. The Kier molecular flexibility index (Phi) is 9.05. The third-order valence-corrected chi connectivity index (χ3v) is 8.97. The average Bonchev–Trinajstić information content (AvgIpc) is 3.59. The highest BCUT2D eigenvalue weighted by Gasteiger charge is 2.50. The molecule has 2 saturated carbocycles. The summed E-state index contributed by atoms with van der Waals surface area (Å²) in [4.78, 5) is 39.6. The molecule has 44 heavy (non-hydrogen) atoms. The van der Waals surface area contributed by atoms with E-state index < -0.39 is 34.7 Å². The second-order valence-corrected chi connectivity index (χ2v) is 13.4. The fraction of sp³-hybridized carbons (Fsp3) is 0.514. The van der Waals surface area contributed by atoms with Crippen molar-refractivity contribution in [3.8, 4) is 11.5 Å². The zero-order chi connectivity index (χ0) is 31.6. The highest BCUT2D eigenvalue weighted by molar-refractivity contribution is 5.98. The van der Waals surface area contributed by atoms with Crippen LogP contribution in [-0.4, -0.2) is 42.7 Å². The van der Waals surface area contributed by atoms with E-state index in [1.807, 2.05) is 70.2 Å². The average molecular weight is 608 g/mol. The number of ether oxygens (including phenoxy) is 4. The van der Waals surface area contributed by atoms with Gasteiger partial charge < -0.3 is 24.3 Å². The molecule has 4 atom stereocenters. The van der Waals surface area contributed by atoms with Gasteiger partial charge in [-0.2, -0.15) is 0 Å². The smallest absolute Gasteiger partial charge is 0.312 e. The molecule has 2 aromatic rings. The number of halogens is 1. The fourth-order valence-corrected chi connectivity index (χ4v) is 6.50. The number of carbonyl (C=O) groups excluding carboxylic acids is 3. The zero-order valence-corrected chi connectivity index (χ0v) is 26.1. The van der Waals surface area contributed by atoms with E-state index in [1.165, 1.54) is 13.2 Å². The van der Waals surface area contributed by atoms with E-state index in [9.17, 15) is 14.4 Å². The van der Waals surface area contributed by atoms with Crippen LogP contribution in [0, 0.1) is 29.0 Å². The summed E-state index contributed by atoms with van der Waals surface area (Å²) in [7, 11) is 1.37. The van der Waals surface area contributed by atoms with Crippen molar-refractivity contribution < 1.29 is 37.7 Å². The van der Waals surface area contributed by atoms with Gasteiger partial charge in [-0.15, -0.1) is 0 Å². The van der Waals surface area contributed by atoms with Gasteiger partial charge in [0.25, 0.3) is 5.91 Å². The first kappa shape index (κ1) is 31.5. The van der Waals surface area contributed by atoms with Crippen LogP contribution in [0.4, 0.5) is 4.39 Å². The van der Waals surface area contributed by atoms with Gasteiger partial charge >= 0.3 is 11.9 Å². The molecule has 2 aromatic carbocycles. The van der Waals surface area contributed by atoms with E-state index >= 15 is 4.39 Å². The van der Waals surface area contributed by atoms with Crippen LogP contribution < -0.4 is 14.8 Å². The monoisotopic (exact) mass is 607 g/mol. The zero-order valence-electron chi connectivity index (χ0n) is 26.1. The summed E-state index contributed by atoms with van der Waals surface area (Å²) in [5, 5.41) is 3.02. The van der Waals surface area contributed by atoms with Gasteiger partial charge in [0.05, 0.1) is 30.1 Å². The lowest BCUT2D eigenvalue weighted by molar-refractivity contribution is -0.169. The van der Waals surface area contributed by atoms with E-state index in [-0.39, 0.29) is 53.5 Å². The molecule has 2 fully saturated rings. The first-order valence-corrected chi connectivity index (χ1v) is 15.3. The van der Waals surface area contributed by atoms with Gasteiger partial charge in [-0.3, -0.25) is 14.4 Å². The molecule has 0 aromatic heterocycles. The highest BCUT2D eigenvalue weighted by atomic mass is 19.1. The first-order valence-electron chi connectivity index (χ1n) is 15.3. The number of hydrogen-bond donors (Lipinski definition) is 1. The molecule has 0 aliphatic heterocycles. The molecule has 9 heteroatoms. The number of benzene rings is 2. The molecule has 0 radical (unpaired) electrons. The summed E-state index contributed by atoms with van der Waals surface area (Å²) in [5.41, 5.74) is -0.213. The minimum atomic E-state index is -0.649. The highest BCUT2D eigenvalue weighted by Crippen LogP contribution is 2.45. The summed E-state index contributed by atoms with van der Waals surface area (Å²) < 4.78 is 37.8. The van der Waals surface area contributed by atoms with Crippen LogP contribution >= 0.6 is 0 Å². The number of fused-ring (bicyclic) bond motifs is 2. The number of methoxy groups -OCH3 is 1. The number of esters is 2. The van der Waals surface area contributed by atoms with Crippen LogP contribution in [0.15, 0.2) is 54.6 Å². The lowest BCUT2D eigenvalue weighted by Gasteiger charge is -2.37. The standard InChI is InChI=1S/C35H42FNO7/c1-34(2,3)44-33(40)35(4)15-13-24(14-16-35)43-28-18-25(27(41-5)19-26(28)36)31(38)37-30-23-12-11-22(17-23)29(30)32(39)42-20-21-9-7-6-8-10-21/h6-12,18-19,22-24,29-30H,13-17,20H2,1-5H3,(H,37,38)/t22-,23+,24?,29+,30-,35?/m1/s1. The van der Waals surface area contributed by atoms with Crippen LogP contribution in [0.25, 0.3) is 0 Å². The molecule has 236 valence electrons. The lowest BCUT2D eigenvalue weighted by atomic mass is 9.74. The molecular weight excluding hydrogens is 565 g/mol. The van der Waals surface area contributed by atoms with E-state index in [4.69, 9.17) is 18.9 Å². The Morgan fingerprint density at radius 3 is 2.34 bits per heavy atom. The van der Waals surface area contributed by atoms with E-state index in [1.54, 1.807) is 0 Å². The predicted molar refractivity (Wildman–Crippen MR) is 162 cm³/mol. The molecule has 5 rings (SSSR count). The maximum atomic E-state index is 15.1. The van der Waals surface area contributed by atoms with E-state index in [0.29, 0.717) is 25.7 Å². The van der Waals surface area contributed by atoms with Gasteiger partial charge in [-0.05, 0) is 83.3 Å². The topological polar surface area (TPSA) is 100 Å². The third-order valence-electron chi connectivity index (χ3n) is 8.97. The molecule has 3 aliphatic rings. The van der Waals surface area contributed by atoms with Crippen molar-refractivity contribution >= 4 is 17.8 Å². The van der Waals surface area contributed by atoms with Gasteiger partial charge in [-0.1, -0.05) is 42.5 Å². The van der Waals surface area contributed by atoms with Gasteiger partial charge in [0.1, 0.15) is 18.0 Å². The summed E-state index contributed by atoms with van der Waals surface area (Å²) >= 11 is 0. The molecule has 3 aliphatic carbocycles. The molecule has 2 bridgehead atoms. The molecule has 8 nitrogen and oxygen atoms in total. The van der Waals surface area contributed by atoms with Crippen LogP contribution in [0.2, 0.25) is 0 Å². The molecule has 0 saturated heterocycles. The van der Waals surface area contributed by atoms with E-state index in [2.05, 4.69) is 5.32 Å². The van der Waals surface area contributed by atoms with Gasteiger partial charge in [0.2, 0.25) is 0 Å². The number of hydrogen-bond acceptors (Lipinski definition) is 7. The summed E-state index contributed by atoms with van der Waals surface area (Å²) in [5.74, 6) is -2.30. The van der Waals surface area contributed by atoms with Crippen molar-refractivity contribution in [2.75, 3.05) is 7.11 Å². The molecule has 1 amide bonds. The number of allylic oxidation sites excluding steroid dienone is 1. The Hall–Kier alpha value is -3.88. The lowest BCUT2D eigenvalue weighted by Crippen LogP contribution is -2.46. The van der Waals surface area contributed by atoms with Crippen molar-refractivity contribution in [1.82, 2.24) is 5.32 Å². The van der Waals surface area contributed by atoms with Crippen LogP contribution in [0.3, 0.4) is 0 Å². The largest absolute Gasteiger partial charge is 0.496 e. The van der Waals surface area contributed by atoms with Crippen molar-refractivity contribution in [3.05, 3.63) is 71.6 Å². The van der Waals surface area contributed by atoms with Crippen molar-refractivity contribution in [2.45, 2.75) is 84.2 Å². The molecule has 0 spiro atoms. The van der Waals surface area contributed by atoms with Gasteiger partial charge in [0.15, 0.2) is 11.6 Å². The second-order valence-electron chi connectivity index (χ2n) is 13.4. The normalized spacial score (nSPS) is 27.5. The maximum Gasteiger partial charge on any atom is 0.312 e. The molecule has 1 N–H and O–H groups in total. The molecule has 0 heterocycles. The SMILES string of the molecule is COc1cc(F)c(OC2CCC(C)(C(=O)OC(C)(C)C)CC2)cc1C(=O)N[C@H]1[C@@H](C(=O)OCc2ccccc2)[C@@H]2C=C[C@H]1C2. The number of carbonyl (C=O) groups is 3. The fourth-order valence-electron chi connectivity index (χ4n) is 6.50. The maximum absolute atomic E-state index is 15.1. The summed E-state index contributed by atoms with van der Waals surface area (Å²) in [6.45, 7) is 7.57. The van der Waals surface area contributed by atoms with Crippen LogP contribution in [-0.2, 0) is 25.7 Å². The molecular formula is C35H42FNO7. The van der Waals surface area contributed by atoms with Crippen LogP contribution in [0.5, 0.6) is 11.5 Å². The van der Waals surface area contributed by atoms with Crippen molar-refractivity contribution in [1.29, 1.82) is 0 Å². The Balaban J connectivity index is 1.26. The Morgan fingerprint density at radius 1 is 1.00 bits per heavy atom. The molecule has 0 unspecified atom stereocenters. The van der Waals surface area contributed by atoms with Crippen LogP contribution in [0.1, 0.15) is 75.7 Å². The minimum absolute atomic E-state index is 0.0121. The van der Waals surface area contributed by atoms with Gasteiger partial charge in [-0.25, -0.2) is 4.39 Å². The second kappa shape index (κ2) is 12.6. The van der Waals surface area contributed by atoms with Crippen molar-refractivity contribution in [2.24, 2.45) is 23.2 Å². The third kappa shape index (κ3) is 6.92. The Labute approximate surface area is 258 Å². The number of nitrogens with one attached hydrogen (secondary N) is 1. The first-order chi connectivity index (χ1) is 20.9. The summed E-state index contributed by atoms with van der Waals surface area (Å²) in [6, 6.07) is 11.5. The number of amides is 1. The number of rotatable bonds is 9. The summed E-state index contributed by atoms with van der Waals surface area (Å²) in [6.07, 6.45) is 6.61. The Morgan fingerprint density at radius 2 is 1.68 bits per heavy atom. The Bertz CT molecular complexity index is 1410. The van der Waals surface area contributed by atoms with E-state index in [0.717, 1.165) is 18.1 Å². The quantitative estimate of drug-likeness (QED) is 0.269. The minimum Gasteiger partial charge on any atom is -0.496 e.